The first kappa shape index (κ1) is 16.6. The van der Waals surface area contributed by atoms with Gasteiger partial charge in [-0.05, 0) is 37.3 Å². The molecule has 0 aliphatic rings. The van der Waals surface area contributed by atoms with Crippen molar-refractivity contribution >= 4 is 23.3 Å². The van der Waals surface area contributed by atoms with Gasteiger partial charge in [0.15, 0.2) is 6.10 Å². The minimum Gasteiger partial charge on any atom is -0.479 e. The van der Waals surface area contributed by atoms with Crippen LogP contribution in [0.15, 0.2) is 42.5 Å². The van der Waals surface area contributed by atoms with Crippen LogP contribution >= 0.6 is 11.6 Å². The van der Waals surface area contributed by atoms with E-state index in [9.17, 15) is 14.9 Å². The minimum atomic E-state index is -1.07. The van der Waals surface area contributed by atoms with E-state index in [1.54, 1.807) is 24.3 Å². The topological polar surface area (TPSA) is 98.9 Å². The highest BCUT2D eigenvalue weighted by Crippen LogP contribution is 2.32. The zero-order valence-corrected chi connectivity index (χ0v) is 12.7. The second-order valence-electron chi connectivity index (χ2n) is 4.54. The summed E-state index contributed by atoms with van der Waals surface area (Å²) < 4.78 is 10.7. The molecule has 120 valence electrons. The summed E-state index contributed by atoms with van der Waals surface area (Å²) >= 11 is 5.94. The van der Waals surface area contributed by atoms with Gasteiger partial charge in [-0.1, -0.05) is 11.6 Å². The number of non-ortho nitro benzene ring substituents is 1. The lowest BCUT2D eigenvalue weighted by Crippen LogP contribution is -2.22. The van der Waals surface area contributed by atoms with Gasteiger partial charge in [0.05, 0.1) is 9.95 Å². The van der Waals surface area contributed by atoms with Gasteiger partial charge in [0, 0.05) is 12.1 Å². The Morgan fingerprint density at radius 3 is 2.35 bits per heavy atom. The fourth-order valence-corrected chi connectivity index (χ4v) is 1.87. The average molecular weight is 338 g/mol. The molecule has 0 amide bonds. The van der Waals surface area contributed by atoms with E-state index >= 15 is 0 Å². The molecule has 0 spiro atoms. The molecule has 2 aromatic carbocycles. The number of ether oxygens (including phenoxy) is 2. The quantitative estimate of drug-likeness (QED) is 0.634. The average Bonchev–Trinajstić information content (AvgIpc) is 2.50. The maximum atomic E-state index is 10.7. The Bertz CT molecular complexity index is 731. The number of carboxylic acids is 1. The van der Waals surface area contributed by atoms with Gasteiger partial charge in [-0.3, -0.25) is 10.1 Å². The molecule has 0 radical (unpaired) electrons. The van der Waals surface area contributed by atoms with E-state index in [-0.39, 0.29) is 16.5 Å². The summed E-state index contributed by atoms with van der Waals surface area (Å²) in [5.41, 5.74) is -0.131. The summed E-state index contributed by atoms with van der Waals surface area (Å²) in [5.74, 6) is 0.00551. The molecule has 0 saturated carbocycles. The fraction of sp³-hybridized carbons (Fsp3) is 0.133. The summed E-state index contributed by atoms with van der Waals surface area (Å²) in [4.78, 5) is 20.8. The molecule has 8 heteroatoms. The van der Waals surface area contributed by atoms with Crippen molar-refractivity contribution in [3.8, 4) is 17.2 Å². The van der Waals surface area contributed by atoms with E-state index in [0.717, 1.165) is 0 Å². The first-order valence-corrected chi connectivity index (χ1v) is 6.86. The number of rotatable bonds is 6. The monoisotopic (exact) mass is 337 g/mol. The number of benzene rings is 2. The normalized spacial score (nSPS) is 11.6. The van der Waals surface area contributed by atoms with Gasteiger partial charge < -0.3 is 14.6 Å². The Morgan fingerprint density at radius 2 is 1.83 bits per heavy atom. The Labute approximate surface area is 136 Å². The number of carboxylic acid groups (broad SMARTS) is 1. The van der Waals surface area contributed by atoms with Gasteiger partial charge in [0.1, 0.15) is 17.2 Å². The molecule has 2 aromatic rings. The molecule has 23 heavy (non-hydrogen) atoms. The van der Waals surface area contributed by atoms with Crippen molar-refractivity contribution < 1.29 is 24.3 Å². The van der Waals surface area contributed by atoms with Crippen LogP contribution in [0, 0.1) is 10.1 Å². The van der Waals surface area contributed by atoms with Crippen molar-refractivity contribution in [3.63, 3.8) is 0 Å². The first-order valence-electron chi connectivity index (χ1n) is 6.48. The van der Waals surface area contributed by atoms with Crippen LogP contribution in [0.25, 0.3) is 0 Å². The molecular formula is C15H12ClNO6. The van der Waals surface area contributed by atoms with Crippen LogP contribution in [0.1, 0.15) is 6.92 Å². The van der Waals surface area contributed by atoms with Crippen LogP contribution in [0.3, 0.4) is 0 Å². The third-order valence-electron chi connectivity index (χ3n) is 2.84. The Kier molecular flexibility index (Phi) is 5.02. The van der Waals surface area contributed by atoms with Crippen LogP contribution in [0.4, 0.5) is 5.69 Å². The summed E-state index contributed by atoms with van der Waals surface area (Å²) in [6.45, 7) is 1.42. The Balaban J connectivity index is 2.09. The van der Waals surface area contributed by atoms with Gasteiger partial charge in [-0.2, -0.15) is 0 Å². The van der Waals surface area contributed by atoms with Gasteiger partial charge in [-0.25, -0.2) is 4.79 Å². The van der Waals surface area contributed by atoms with E-state index in [0.29, 0.717) is 11.5 Å². The molecule has 1 atom stereocenters. The van der Waals surface area contributed by atoms with Crippen molar-refractivity contribution in [1.29, 1.82) is 0 Å². The second kappa shape index (κ2) is 6.97. The minimum absolute atomic E-state index is 0.110. The van der Waals surface area contributed by atoms with E-state index < -0.39 is 17.0 Å². The van der Waals surface area contributed by atoms with E-state index in [1.807, 2.05) is 0 Å². The van der Waals surface area contributed by atoms with Crippen molar-refractivity contribution in [2.24, 2.45) is 0 Å². The molecular weight excluding hydrogens is 326 g/mol. The summed E-state index contributed by atoms with van der Waals surface area (Å²) in [6.07, 6.45) is -0.967. The number of aliphatic carboxylic acids is 1. The number of nitro benzene ring substituents is 1. The zero-order chi connectivity index (χ0) is 17.0. The van der Waals surface area contributed by atoms with Crippen LogP contribution < -0.4 is 9.47 Å². The van der Waals surface area contributed by atoms with E-state index in [2.05, 4.69) is 0 Å². The van der Waals surface area contributed by atoms with Crippen LogP contribution in [-0.4, -0.2) is 22.1 Å². The van der Waals surface area contributed by atoms with Gasteiger partial charge in [0.2, 0.25) is 0 Å². The molecule has 2 rings (SSSR count). The lowest BCUT2D eigenvalue weighted by atomic mass is 10.3. The molecule has 1 N–H and O–H groups in total. The van der Waals surface area contributed by atoms with Crippen LogP contribution in [0.5, 0.6) is 17.2 Å². The number of carbonyl (C=O) groups is 1. The van der Waals surface area contributed by atoms with Crippen LogP contribution in [-0.2, 0) is 4.79 Å². The summed E-state index contributed by atoms with van der Waals surface area (Å²) in [6, 6.07) is 10.1. The lowest BCUT2D eigenvalue weighted by Gasteiger charge is -2.11. The Hall–Kier alpha value is -2.80. The van der Waals surface area contributed by atoms with Crippen molar-refractivity contribution in [2.45, 2.75) is 13.0 Å². The van der Waals surface area contributed by atoms with Crippen LogP contribution in [0.2, 0.25) is 5.02 Å². The molecule has 1 unspecified atom stereocenters. The predicted octanol–water partition coefficient (Wildman–Crippen LogP) is 3.89. The van der Waals surface area contributed by atoms with E-state index in [4.69, 9.17) is 26.2 Å². The molecule has 0 aliphatic carbocycles. The standard InChI is InChI=1S/C15H12ClNO6/c1-9(15(18)19)22-11-3-5-12(6-4-11)23-14-7-2-10(17(20)21)8-13(14)16/h2-9H,1H3,(H,18,19). The molecule has 0 aromatic heterocycles. The fourth-order valence-electron chi connectivity index (χ4n) is 1.65. The molecule has 0 bridgehead atoms. The third-order valence-corrected chi connectivity index (χ3v) is 3.13. The highest BCUT2D eigenvalue weighted by atomic mass is 35.5. The Morgan fingerprint density at radius 1 is 1.22 bits per heavy atom. The number of halogens is 1. The second-order valence-corrected chi connectivity index (χ2v) is 4.95. The predicted molar refractivity (Wildman–Crippen MR) is 82.3 cm³/mol. The highest BCUT2D eigenvalue weighted by molar-refractivity contribution is 6.32. The SMILES string of the molecule is CC(Oc1ccc(Oc2ccc([N+](=O)[O-])cc2Cl)cc1)C(=O)O. The number of hydrogen-bond donors (Lipinski definition) is 1. The van der Waals surface area contributed by atoms with Crippen molar-refractivity contribution in [1.82, 2.24) is 0 Å². The van der Waals surface area contributed by atoms with Gasteiger partial charge in [0.25, 0.3) is 5.69 Å². The number of nitro groups is 1. The molecule has 0 heterocycles. The summed E-state index contributed by atoms with van der Waals surface area (Å²) in [5, 5.41) is 19.5. The van der Waals surface area contributed by atoms with Gasteiger partial charge >= 0.3 is 5.97 Å². The summed E-state index contributed by atoms with van der Waals surface area (Å²) in [7, 11) is 0. The molecule has 0 fully saturated rings. The molecule has 0 aliphatic heterocycles. The highest BCUT2D eigenvalue weighted by Gasteiger charge is 2.13. The number of hydrogen-bond acceptors (Lipinski definition) is 5. The zero-order valence-electron chi connectivity index (χ0n) is 11.9. The largest absolute Gasteiger partial charge is 0.479 e. The van der Waals surface area contributed by atoms with E-state index in [1.165, 1.54) is 25.1 Å². The van der Waals surface area contributed by atoms with Gasteiger partial charge in [-0.15, -0.1) is 0 Å². The smallest absolute Gasteiger partial charge is 0.344 e. The third kappa shape index (κ3) is 4.33. The maximum Gasteiger partial charge on any atom is 0.344 e. The lowest BCUT2D eigenvalue weighted by molar-refractivity contribution is -0.384. The van der Waals surface area contributed by atoms with Crippen molar-refractivity contribution in [3.05, 3.63) is 57.6 Å². The molecule has 7 nitrogen and oxygen atoms in total. The van der Waals surface area contributed by atoms with Crippen molar-refractivity contribution in [2.75, 3.05) is 0 Å². The maximum absolute atomic E-state index is 10.7. The first-order chi connectivity index (χ1) is 10.9. The number of nitrogens with zero attached hydrogens (tertiary/aromatic N) is 1. The molecule has 0 saturated heterocycles.